The molecule has 2 aromatic rings. The van der Waals surface area contributed by atoms with Crippen LogP contribution in [0.2, 0.25) is 0 Å². The van der Waals surface area contributed by atoms with E-state index in [1.165, 1.54) is 6.92 Å². The van der Waals surface area contributed by atoms with Gasteiger partial charge in [0.2, 0.25) is 0 Å². The number of alkyl halides is 3. The molecule has 0 heterocycles. The highest BCUT2D eigenvalue weighted by molar-refractivity contribution is 6.65. The minimum absolute atomic E-state index is 0.0175. The third-order valence-electron chi connectivity index (χ3n) is 3.75. The molecule has 0 radical (unpaired) electrons. The van der Waals surface area contributed by atoms with E-state index in [4.69, 9.17) is 4.74 Å². The van der Waals surface area contributed by atoms with Gasteiger partial charge in [-0.15, -0.1) is 0 Å². The summed E-state index contributed by atoms with van der Waals surface area (Å²) in [6, 6.07) is 10.6. The Labute approximate surface area is 174 Å². The van der Waals surface area contributed by atoms with Crippen molar-refractivity contribution in [1.29, 1.82) is 0 Å². The lowest BCUT2D eigenvalue weighted by Crippen LogP contribution is -2.26. The lowest BCUT2D eigenvalue weighted by atomic mass is 10.1. The van der Waals surface area contributed by atoms with E-state index in [9.17, 15) is 28.1 Å². The molecule has 31 heavy (non-hydrogen) atoms. The highest BCUT2D eigenvalue weighted by Crippen LogP contribution is 2.34. The third-order valence-corrected chi connectivity index (χ3v) is 3.75. The molecule has 0 aliphatic heterocycles. The topological polar surface area (TPSA) is 118 Å². The smallest absolute Gasteiger partial charge is 0.416 e. The van der Waals surface area contributed by atoms with Gasteiger partial charge in [-0.2, -0.15) is 23.4 Å². The number of hydrogen-bond donors (Lipinski definition) is 2. The van der Waals surface area contributed by atoms with Gasteiger partial charge in [-0.05, 0) is 38.1 Å². The standard InChI is InChI=1S/C19H18F3N5O4/c1-3-31-18(28)17(26-24-14-7-5-4-6-8-14)12(2)23-25-15-10-9-13(19(20,21)22)11-16(15)27(29)30/h4-11,24-25H,3H2,1-2H3. The number of benzene rings is 2. The normalized spacial score (nSPS) is 12.3. The number of rotatable bonds is 8. The summed E-state index contributed by atoms with van der Waals surface area (Å²) in [5.74, 6) is -0.809. The monoisotopic (exact) mass is 437 g/mol. The fourth-order valence-electron chi connectivity index (χ4n) is 2.26. The van der Waals surface area contributed by atoms with Crippen LogP contribution < -0.4 is 10.9 Å². The van der Waals surface area contributed by atoms with E-state index in [0.29, 0.717) is 17.8 Å². The average Bonchev–Trinajstić information content (AvgIpc) is 2.72. The first-order valence-electron chi connectivity index (χ1n) is 8.85. The van der Waals surface area contributed by atoms with Crippen LogP contribution in [0.15, 0.2) is 58.7 Å². The molecule has 164 valence electrons. The zero-order valence-corrected chi connectivity index (χ0v) is 16.4. The average molecular weight is 437 g/mol. The largest absolute Gasteiger partial charge is 0.461 e. The number of hydrazone groups is 2. The van der Waals surface area contributed by atoms with Crippen LogP contribution in [0.4, 0.5) is 30.2 Å². The number of para-hydroxylation sites is 1. The number of esters is 1. The van der Waals surface area contributed by atoms with Crippen molar-refractivity contribution in [3.8, 4) is 0 Å². The van der Waals surface area contributed by atoms with Gasteiger partial charge in [0.1, 0.15) is 5.69 Å². The van der Waals surface area contributed by atoms with E-state index in [1.807, 2.05) is 0 Å². The number of nitro groups is 1. The van der Waals surface area contributed by atoms with Gasteiger partial charge >= 0.3 is 12.1 Å². The lowest BCUT2D eigenvalue weighted by molar-refractivity contribution is -0.384. The van der Waals surface area contributed by atoms with E-state index in [0.717, 1.165) is 6.07 Å². The summed E-state index contributed by atoms with van der Waals surface area (Å²) in [5.41, 5.74) is 3.00. The van der Waals surface area contributed by atoms with Gasteiger partial charge < -0.3 is 4.74 Å². The summed E-state index contributed by atoms with van der Waals surface area (Å²) < 4.78 is 43.4. The summed E-state index contributed by atoms with van der Waals surface area (Å²) in [4.78, 5) is 22.4. The fraction of sp³-hybridized carbons (Fsp3) is 0.211. The minimum atomic E-state index is -4.74. The maximum Gasteiger partial charge on any atom is 0.416 e. The van der Waals surface area contributed by atoms with Gasteiger partial charge in [0.05, 0.1) is 28.5 Å². The van der Waals surface area contributed by atoms with Gasteiger partial charge in [0, 0.05) is 6.07 Å². The summed E-state index contributed by atoms with van der Waals surface area (Å²) >= 11 is 0. The van der Waals surface area contributed by atoms with Gasteiger partial charge in [-0.1, -0.05) is 18.2 Å². The molecule has 0 aliphatic rings. The number of ether oxygens (including phenoxy) is 1. The maximum atomic E-state index is 12.8. The number of nitrogens with zero attached hydrogens (tertiary/aromatic N) is 3. The van der Waals surface area contributed by atoms with E-state index in [2.05, 4.69) is 21.1 Å². The first-order chi connectivity index (χ1) is 14.6. The molecule has 0 bridgehead atoms. The second-order valence-electron chi connectivity index (χ2n) is 5.95. The van der Waals surface area contributed by atoms with E-state index in [1.54, 1.807) is 37.3 Å². The molecule has 0 aromatic heterocycles. The van der Waals surface area contributed by atoms with Crippen molar-refractivity contribution in [2.45, 2.75) is 20.0 Å². The van der Waals surface area contributed by atoms with Crippen LogP contribution in [0.1, 0.15) is 19.4 Å². The predicted octanol–water partition coefficient (Wildman–Crippen LogP) is 4.43. The quantitative estimate of drug-likeness (QED) is 0.273. The van der Waals surface area contributed by atoms with Crippen molar-refractivity contribution in [2.75, 3.05) is 17.5 Å². The second kappa shape index (κ2) is 10.2. The highest BCUT2D eigenvalue weighted by atomic mass is 19.4. The summed E-state index contributed by atoms with van der Waals surface area (Å²) in [7, 11) is 0. The number of nitro benzene ring substituents is 1. The van der Waals surface area contributed by atoms with Crippen LogP contribution in [0.3, 0.4) is 0 Å². The molecule has 0 fully saturated rings. The van der Waals surface area contributed by atoms with Crippen molar-refractivity contribution in [2.24, 2.45) is 10.2 Å². The maximum absolute atomic E-state index is 12.8. The molecule has 9 nitrogen and oxygen atoms in total. The molecule has 2 rings (SSSR count). The second-order valence-corrected chi connectivity index (χ2v) is 5.95. The van der Waals surface area contributed by atoms with Crippen LogP contribution in [0.5, 0.6) is 0 Å². The Kier molecular flexibility index (Phi) is 7.66. The first-order valence-corrected chi connectivity index (χ1v) is 8.85. The summed E-state index contributed by atoms with van der Waals surface area (Å²) in [5, 5.41) is 19.0. The minimum Gasteiger partial charge on any atom is -0.461 e. The van der Waals surface area contributed by atoms with E-state index in [-0.39, 0.29) is 23.7 Å². The number of anilines is 2. The Morgan fingerprint density at radius 1 is 1.13 bits per heavy atom. The van der Waals surface area contributed by atoms with Crippen molar-refractivity contribution in [1.82, 2.24) is 0 Å². The Hall–Kier alpha value is -3.96. The Morgan fingerprint density at radius 3 is 2.39 bits per heavy atom. The molecule has 0 saturated carbocycles. The third kappa shape index (κ3) is 6.52. The zero-order valence-electron chi connectivity index (χ0n) is 16.4. The molecule has 0 atom stereocenters. The van der Waals surface area contributed by atoms with Crippen LogP contribution in [-0.2, 0) is 15.7 Å². The molecular formula is C19H18F3N5O4. The summed E-state index contributed by atoms with van der Waals surface area (Å²) in [6.45, 7) is 3.04. The predicted molar refractivity (Wildman–Crippen MR) is 109 cm³/mol. The Bertz CT molecular complexity index is 1010. The molecule has 0 aliphatic carbocycles. The molecule has 0 unspecified atom stereocenters. The first kappa shape index (κ1) is 23.3. The Morgan fingerprint density at radius 2 is 1.81 bits per heavy atom. The van der Waals surface area contributed by atoms with Gasteiger partial charge in [0.15, 0.2) is 5.71 Å². The van der Waals surface area contributed by atoms with Crippen molar-refractivity contribution >= 4 is 34.5 Å². The van der Waals surface area contributed by atoms with Crippen LogP contribution in [0, 0.1) is 10.1 Å². The highest BCUT2D eigenvalue weighted by Gasteiger charge is 2.33. The van der Waals surface area contributed by atoms with Crippen molar-refractivity contribution < 1.29 is 27.6 Å². The summed E-state index contributed by atoms with van der Waals surface area (Å²) in [6.07, 6.45) is -4.74. The molecule has 2 N–H and O–H groups in total. The van der Waals surface area contributed by atoms with Crippen LogP contribution in [-0.4, -0.2) is 28.9 Å². The molecule has 0 saturated heterocycles. The Balaban J connectivity index is 2.32. The number of carbonyl (C=O) groups is 1. The zero-order chi connectivity index (χ0) is 23.0. The molecular weight excluding hydrogens is 419 g/mol. The SMILES string of the molecule is CCOC(=O)C(=NNc1ccccc1)C(C)=NNc1ccc(C(F)(F)F)cc1[N+](=O)[O-]. The van der Waals surface area contributed by atoms with Gasteiger partial charge in [-0.25, -0.2) is 4.79 Å². The van der Waals surface area contributed by atoms with Gasteiger partial charge in [-0.3, -0.25) is 21.0 Å². The molecule has 0 amide bonds. The number of carbonyl (C=O) groups excluding carboxylic acids is 1. The molecule has 2 aromatic carbocycles. The van der Waals surface area contributed by atoms with Gasteiger partial charge in [0.25, 0.3) is 5.69 Å². The molecule has 0 spiro atoms. The number of nitrogens with one attached hydrogen (secondary N) is 2. The lowest BCUT2D eigenvalue weighted by Gasteiger charge is -2.10. The van der Waals surface area contributed by atoms with Crippen LogP contribution in [0.25, 0.3) is 0 Å². The fourth-order valence-corrected chi connectivity index (χ4v) is 2.26. The van der Waals surface area contributed by atoms with Crippen molar-refractivity contribution in [3.63, 3.8) is 0 Å². The van der Waals surface area contributed by atoms with E-state index < -0.39 is 28.3 Å². The number of halogens is 3. The van der Waals surface area contributed by atoms with E-state index >= 15 is 0 Å². The molecule has 12 heteroatoms. The number of hydrogen-bond acceptors (Lipinski definition) is 8. The van der Waals surface area contributed by atoms with Crippen LogP contribution >= 0.6 is 0 Å². The van der Waals surface area contributed by atoms with Crippen molar-refractivity contribution in [3.05, 3.63) is 64.2 Å².